The zero-order valence-electron chi connectivity index (χ0n) is 17.1. The van der Waals surface area contributed by atoms with E-state index in [0.717, 1.165) is 22.4 Å². The summed E-state index contributed by atoms with van der Waals surface area (Å²) in [6.07, 6.45) is 0.563. The second-order valence-corrected chi connectivity index (χ2v) is 7.32. The zero-order chi connectivity index (χ0) is 22.4. The minimum atomic E-state index is -1.13. The van der Waals surface area contributed by atoms with Gasteiger partial charge >= 0.3 is 6.09 Å². The summed E-state index contributed by atoms with van der Waals surface area (Å²) in [5.74, 6) is 0.281. The van der Waals surface area contributed by atoms with Crippen LogP contribution in [0.4, 0.5) is 4.79 Å². The average Bonchev–Trinajstić information content (AvgIpc) is 2.76. The van der Waals surface area contributed by atoms with Crippen LogP contribution in [0.25, 0.3) is 11.1 Å². The van der Waals surface area contributed by atoms with Crippen molar-refractivity contribution in [3.05, 3.63) is 82.1 Å². The first kappa shape index (κ1) is 22.1. The summed E-state index contributed by atoms with van der Waals surface area (Å²) in [6.45, 7) is 2.25. The standard InChI is InChI=1S/C23H22ClN3O4/c1-14-7-17(5-6-25-14)18-8-16(13-27-23(29)30)9-19(11-18)22(28)26-12-15-3-4-21(31-2)20(24)10-15/h3-11,27H,12-13H2,1-2H3,(H,26,28)(H,29,30). The Kier molecular flexibility index (Phi) is 7.10. The Morgan fingerprint density at radius 2 is 1.77 bits per heavy atom. The molecule has 160 valence electrons. The van der Waals surface area contributed by atoms with Gasteiger partial charge in [0.15, 0.2) is 0 Å². The van der Waals surface area contributed by atoms with Gasteiger partial charge in [0.05, 0.1) is 12.1 Å². The van der Waals surface area contributed by atoms with Crippen LogP contribution in [0, 0.1) is 6.92 Å². The van der Waals surface area contributed by atoms with E-state index >= 15 is 0 Å². The van der Waals surface area contributed by atoms with Crippen LogP contribution >= 0.6 is 11.6 Å². The molecular weight excluding hydrogens is 418 g/mol. The van der Waals surface area contributed by atoms with E-state index in [4.69, 9.17) is 21.4 Å². The molecule has 0 bridgehead atoms. The molecule has 0 aliphatic rings. The number of carbonyl (C=O) groups excluding carboxylic acids is 1. The third-order valence-electron chi connectivity index (χ3n) is 4.60. The van der Waals surface area contributed by atoms with E-state index in [1.54, 1.807) is 30.5 Å². The number of hydrogen-bond donors (Lipinski definition) is 3. The van der Waals surface area contributed by atoms with E-state index in [0.29, 0.717) is 21.9 Å². The number of pyridine rings is 1. The summed E-state index contributed by atoms with van der Waals surface area (Å²) >= 11 is 6.15. The van der Waals surface area contributed by atoms with Gasteiger partial charge in [0.25, 0.3) is 5.91 Å². The van der Waals surface area contributed by atoms with Crippen LogP contribution in [0.2, 0.25) is 5.02 Å². The van der Waals surface area contributed by atoms with Crippen molar-refractivity contribution in [1.29, 1.82) is 0 Å². The van der Waals surface area contributed by atoms with Gasteiger partial charge in [-0.25, -0.2) is 4.79 Å². The maximum atomic E-state index is 12.8. The molecule has 0 spiro atoms. The molecule has 31 heavy (non-hydrogen) atoms. The Labute approximate surface area is 185 Å². The van der Waals surface area contributed by atoms with Crippen molar-refractivity contribution in [2.75, 3.05) is 7.11 Å². The summed E-state index contributed by atoms with van der Waals surface area (Å²) in [6, 6.07) is 14.3. The van der Waals surface area contributed by atoms with Gasteiger partial charge in [-0.3, -0.25) is 9.78 Å². The van der Waals surface area contributed by atoms with Gasteiger partial charge in [0.2, 0.25) is 0 Å². The topological polar surface area (TPSA) is 101 Å². The van der Waals surface area contributed by atoms with Gasteiger partial charge in [0, 0.05) is 30.5 Å². The number of carbonyl (C=O) groups is 2. The molecule has 8 heteroatoms. The van der Waals surface area contributed by atoms with Crippen molar-refractivity contribution < 1.29 is 19.4 Å². The summed E-state index contributed by atoms with van der Waals surface area (Å²) < 4.78 is 5.14. The Balaban J connectivity index is 1.84. The Bertz CT molecular complexity index is 1120. The van der Waals surface area contributed by atoms with Crippen LogP contribution in [-0.4, -0.2) is 29.2 Å². The average molecular weight is 440 g/mol. The molecule has 3 N–H and O–H groups in total. The van der Waals surface area contributed by atoms with Crippen molar-refractivity contribution >= 4 is 23.6 Å². The van der Waals surface area contributed by atoms with E-state index in [1.807, 2.05) is 31.2 Å². The number of ether oxygens (including phenoxy) is 1. The normalized spacial score (nSPS) is 10.4. The molecule has 0 saturated heterocycles. The molecule has 0 saturated carbocycles. The first-order valence-corrected chi connectivity index (χ1v) is 9.88. The molecule has 0 atom stereocenters. The smallest absolute Gasteiger partial charge is 0.404 e. The summed E-state index contributed by atoms with van der Waals surface area (Å²) in [7, 11) is 1.54. The molecule has 3 rings (SSSR count). The lowest BCUT2D eigenvalue weighted by Gasteiger charge is -2.12. The van der Waals surface area contributed by atoms with E-state index in [1.165, 1.54) is 7.11 Å². The number of amides is 2. The Morgan fingerprint density at radius 1 is 1.00 bits per heavy atom. The molecule has 0 aliphatic carbocycles. The second kappa shape index (κ2) is 9.95. The fraction of sp³-hybridized carbons (Fsp3) is 0.174. The molecule has 3 aromatic rings. The SMILES string of the molecule is COc1ccc(CNC(=O)c2cc(CNC(=O)O)cc(-c3ccnc(C)c3)c2)cc1Cl. The van der Waals surface area contributed by atoms with E-state index in [-0.39, 0.29) is 19.0 Å². The summed E-state index contributed by atoms with van der Waals surface area (Å²) in [4.78, 5) is 28.0. The highest BCUT2D eigenvalue weighted by Gasteiger charge is 2.12. The highest BCUT2D eigenvalue weighted by molar-refractivity contribution is 6.32. The van der Waals surface area contributed by atoms with Gasteiger partial charge in [-0.1, -0.05) is 17.7 Å². The number of benzene rings is 2. The third kappa shape index (κ3) is 5.96. The number of hydrogen-bond acceptors (Lipinski definition) is 4. The van der Waals surface area contributed by atoms with Crippen LogP contribution < -0.4 is 15.4 Å². The number of aromatic nitrogens is 1. The first-order chi connectivity index (χ1) is 14.9. The van der Waals surface area contributed by atoms with E-state index in [9.17, 15) is 9.59 Å². The number of aryl methyl sites for hydroxylation is 1. The maximum absolute atomic E-state index is 12.8. The van der Waals surface area contributed by atoms with E-state index in [2.05, 4.69) is 15.6 Å². The molecule has 7 nitrogen and oxygen atoms in total. The van der Waals surface area contributed by atoms with Crippen molar-refractivity contribution in [1.82, 2.24) is 15.6 Å². The predicted molar refractivity (Wildman–Crippen MR) is 118 cm³/mol. The lowest BCUT2D eigenvalue weighted by molar-refractivity contribution is 0.0951. The Hall–Kier alpha value is -3.58. The second-order valence-electron chi connectivity index (χ2n) is 6.91. The minimum Gasteiger partial charge on any atom is -0.495 e. The van der Waals surface area contributed by atoms with Crippen molar-refractivity contribution in [2.24, 2.45) is 0 Å². The lowest BCUT2D eigenvalue weighted by Crippen LogP contribution is -2.24. The highest BCUT2D eigenvalue weighted by Crippen LogP contribution is 2.25. The molecule has 1 heterocycles. The van der Waals surface area contributed by atoms with Gasteiger partial charge < -0.3 is 20.5 Å². The van der Waals surface area contributed by atoms with Crippen LogP contribution in [0.15, 0.2) is 54.7 Å². The number of nitrogens with zero attached hydrogens (tertiary/aromatic N) is 1. The van der Waals surface area contributed by atoms with Gasteiger partial charge in [0.1, 0.15) is 5.75 Å². The monoisotopic (exact) mass is 439 g/mol. The zero-order valence-corrected chi connectivity index (χ0v) is 17.9. The molecule has 2 amide bonds. The number of carboxylic acid groups (broad SMARTS) is 1. The van der Waals surface area contributed by atoms with Crippen LogP contribution in [-0.2, 0) is 13.1 Å². The molecule has 0 radical (unpaired) electrons. The molecule has 0 unspecified atom stereocenters. The number of methoxy groups -OCH3 is 1. The quantitative estimate of drug-likeness (QED) is 0.506. The van der Waals surface area contributed by atoms with Gasteiger partial charge in [-0.15, -0.1) is 0 Å². The van der Waals surface area contributed by atoms with Crippen molar-refractivity contribution in [3.8, 4) is 16.9 Å². The first-order valence-electron chi connectivity index (χ1n) is 9.50. The predicted octanol–water partition coefficient (Wildman–Crippen LogP) is 4.42. The highest BCUT2D eigenvalue weighted by atomic mass is 35.5. The van der Waals surface area contributed by atoms with Crippen LogP contribution in [0.1, 0.15) is 27.2 Å². The van der Waals surface area contributed by atoms with Crippen molar-refractivity contribution in [2.45, 2.75) is 20.0 Å². The molecular formula is C23H22ClN3O4. The number of nitrogens with one attached hydrogen (secondary N) is 2. The fourth-order valence-electron chi connectivity index (χ4n) is 3.10. The van der Waals surface area contributed by atoms with Crippen LogP contribution in [0.5, 0.6) is 5.75 Å². The summed E-state index contributed by atoms with van der Waals surface area (Å²) in [5.41, 5.74) is 4.45. The lowest BCUT2D eigenvalue weighted by atomic mass is 9.99. The Morgan fingerprint density at radius 3 is 2.45 bits per heavy atom. The minimum absolute atomic E-state index is 0.0849. The molecule has 0 fully saturated rings. The molecule has 0 aliphatic heterocycles. The third-order valence-corrected chi connectivity index (χ3v) is 4.89. The molecule has 1 aromatic heterocycles. The van der Waals surface area contributed by atoms with Crippen LogP contribution in [0.3, 0.4) is 0 Å². The van der Waals surface area contributed by atoms with Gasteiger partial charge in [-0.05, 0) is 71.6 Å². The van der Waals surface area contributed by atoms with E-state index < -0.39 is 6.09 Å². The number of halogens is 1. The maximum Gasteiger partial charge on any atom is 0.404 e. The largest absolute Gasteiger partial charge is 0.495 e. The fourth-order valence-corrected chi connectivity index (χ4v) is 3.38. The van der Waals surface area contributed by atoms with Crippen molar-refractivity contribution in [3.63, 3.8) is 0 Å². The number of rotatable bonds is 7. The molecule has 2 aromatic carbocycles. The summed E-state index contributed by atoms with van der Waals surface area (Å²) in [5, 5.41) is 14.6. The van der Waals surface area contributed by atoms with Gasteiger partial charge in [-0.2, -0.15) is 0 Å².